The second kappa shape index (κ2) is 9.44. The predicted molar refractivity (Wildman–Crippen MR) is 77.7 cm³/mol. The molecule has 0 unspecified atom stereocenters. The maximum Gasteiger partial charge on any atom is 0.384 e. The number of benzene rings is 1. The molecule has 0 aliphatic carbocycles. The molecule has 0 radical (unpaired) electrons. The third-order valence-corrected chi connectivity index (χ3v) is 2.24. The summed E-state index contributed by atoms with van der Waals surface area (Å²) in [5.74, 6) is 10.4. The SMILES string of the molecule is COC(=O)C#CCOC/C=C(\C)C#Cc1ccccc1. The van der Waals surface area contributed by atoms with Crippen molar-refractivity contribution < 1.29 is 14.3 Å². The lowest BCUT2D eigenvalue weighted by Crippen LogP contribution is -1.97. The van der Waals surface area contributed by atoms with E-state index in [0.29, 0.717) is 6.61 Å². The van der Waals surface area contributed by atoms with E-state index in [-0.39, 0.29) is 6.61 Å². The van der Waals surface area contributed by atoms with Gasteiger partial charge in [0.1, 0.15) is 6.61 Å². The summed E-state index contributed by atoms with van der Waals surface area (Å²) in [5.41, 5.74) is 1.90. The predicted octanol–water partition coefficient (Wildman–Crippen LogP) is 2.18. The van der Waals surface area contributed by atoms with E-state index in [4.69, 9.17) is 4.74 Å². The summed E-state index contributed by atoms with van der Waals surface area (Å²) in [5, 5.41) is 0. The van der Waals surface area contributed by atoms with Crippen molar-refractivity contribution in [3.63, 3.8) is 0 Å². The quantitative estimate of drug-likeness (QED) is 0.365. The third-order valence-electron chi connectivity index (χ3n) is 2.24. The van der Waals surface area contributed by atoms with Crippen molar-refractivity contribution >= 4 is 5.97 Å². The summed E-state index contributed by atoms with van der Waals surface area (Å²) in [6.45, 7) is 2.51. The lowest BCUT2D eigenvalue weighted by molar-refractivity contribution is -0.133. The summed E-state index contributed by atoms with van der Waals surface area (Å²) >= 11 is 0. The molecular formula is C17H16O3. The average molecular weight is 268 g/mol. The Morgan fingerprint density at radius 3 is 2.70 bits per heavy atom. The molecule has 20 heavy (non-hydrogen) atoms. The van der Waals surface area contributed by atoms with Gasteiger partial charge in [0.15, 0.2) is 0 Å². The summed E-state index contributed by atoms with van der Waals surface area (Å²) < 4.78 is 9.60. The highest BCUT2D eigenvalue weighted by Crippen LogP contribution is 1.97. The van der Waals surface area contributed by atoms with Crippen LogP contribution >= 0.6 is 0 Å². The second-order valence-corrected chi connectivity index (χ2v) is 3.81. The van der Waals surface area contributed by atoms with Gasteiger partial charge in [0.05, 0.1) is 13.7 Å². The number of ether oxygens (including phenoxy) is 2. The van der Waals surface area contributed by atoms with Gasteiger partial charge in [-0.15, -0.1) is 0 Å². The van der Waals surface area contributed by atoms with Gasteiger partial charge in [0.2, 0.25) is 0 Å². The van der Waals surface area contributed by atoms with Crippen LogP contribution in [0.15, 0.2) is 42.0 Å². The Morgan fingerprint density at radius 2 is 2.00 bits per heavy atom. The number of hydrogen-bond donors (Lipinski definition) is 0. The van der Waals surface area contributed by atoms with Crippen LogP contribution < -0.4 is 0 Å². The molecule has 102 valence electrons. The van der Waals surface area contributed by atoms with Crippen LogP contribution in [0.2, 0.25) is 0 Å². The first-order valence-corrected chi connectivity index (χ1v) is 6.11. The largest absolute Gasteiger partial charge is 0.459 e. The molecule has 0 amide bonds. The second-order valence-electron chi connectivity index (χ2n) is 3.81. The van der Waals surface area contributed by atoms with Crippen molar-refractivity contribution in [1.29, 1.82) is 0 Å². The van der Waals surface area contributed by atoms with Crippen LogP contribution in [0.1, 0.15) is 12.5 Å². The molecule has 0 saturated heterocycles. The van der Waals surface area contributed by atoms with Gasteiger partial charge in [-0.05, 0) is 30.7 Å². The van der Waals surface area contributed by atoms with Gasteiger partial charge in [-0.3, -0.25) is 0 Å². The van der Waals surface area contributed by atoms with Crippen molar-refractivity contribution in [2.75, 3.05) is 20.3 Å². The van der Waals surface area contributed by atoms with Crippen molar-refractivity contribution in [3.8, 4) is 23.7 Å². The summed E-state index contributed by atoms with van der Waals surface area (Å²) in [6.07, 6.45) is 1.87. The minimum absolute atomic E-state index is 0.186. The van der Waals surface area contributed by atoms with Crippen LogP contribution in [0.25, 0.3) is 0 Å². The standard InChI is InChI=1S/C17H16O3/c1-15(10-11-16-7-4-3-5-8-16)12-14-20-13-6-9-17(18)19-2/h3-5,7-8,12H,13-14H2,1-2H3/b15-12+. The molecule has 3 nitrogen and oxygen atoms in total. The van der Waals surface area contributed by atoms with Gasteiger partial charge < -0.3 is 9.47 Å². The lowest BCUT2D eigenvalue weighted by atomic mass is 10.2. The molecular weight excluding hydrogens is 252 g/mol. The molecule has 3 heteroatoms. The zero-order valence-corrected chi connectivity index (χ0v) is 11.6. The molecule has 1 aromatic rings. The Morgan fingerprint density at radius 1 is 1.25 bits per heavy atom. The van der Waals surface area contributed by atoms with E-state index >= 15 is 0 Å². The highest BCUT2D eigenvalue weighted by atomic mass is 16.5. The van der Waals surface area contributed by atoms with Crippen LogP contribution in [0.4, 0.5) is 0 Å². The van der Waals surface area contributed by atoms with Crippen LogP contribution in [0.5, 0.6) is 0 Å². The van der Waals surface area contributed by atoms with E-state index in [1.807, 2.05) is 43.3 Å². The molecule has 0 N–H and O–H groups in total. The lowest BCUT2D eigenvalue weighted by Gasteiger charge is -1.94. The average Bonchev–Trinajstić information content (AvgIpc) is 2.49. The van der Waals surface area contributed by atoms with Gasteiger partial charge in [0, 0.05) is 11.5 Å². The van der Waals surface area contributed by atoms with E-state index in [0.717, 1.165) is 11.1 Å². The number of rotatable bonds is 3. The minimum atomic E-state index is -0.561. The van der Waals surface area contributed by atoms with Crippen molar-refractivity contribution in [3.05, 3.63) is 47.5 Å². The number of hydrogen-bond acceptors (Lipinski definition) is 3. The zero-order chi connectivity index (χ0) is 14.6. The first-order chi connectivity index (χ1) is 9.72. The Bertz CT molecular complexity index is 577. The van der Waals surface area contributed by atoms with Gasteiger partial charge in [-0.1, -0.05) is 36.0 Å². The molecule has 0 spiro atoms. The Kier molecular flexibility index (Phi) is 7.35. The van der Waals surface area contributed by atoms with E-state index in [9.17, 15) is 4.79 Å². The molecule has 0 saturated carbocycles. The fourth-order valence-electron chi connectivity index (χ4n) is 1.20. The summed E-state index contributed by atoms with van der Waals surface area (Å²) in [4.78, 5) is 10.7. The highest BCUT2D eigenvalue weighted by Gasteiger charge is 1.88. The van der Waals surface area contributed by atoms with Gasteiger partial charge in [0.25, 0.3) is 0 Å². The third kappa shape index (κ3) is 7.06. The minimum Gasteiger partial charge on any atom is -0.459 e. The Hall–Kier alpha value is -2.49. The van der Waals surface area contributed by atoms with Crippen LogP contribution in [0, 0.1) is 23.7 Å². The molecule has 0 heterocycles. The smallest absolute Gasteiger partial charge is 0.384 e. The van der Waals surface area contributed by atoms with Crippen LogP contribution in [-0.4, -0.2) is 26.3 Å². The molecule has 0 aromatic heterocycles. The van der Waals surface area contributed by atoms with Crippen LogP contribution in [-0.2, 0) is 14.3 Å². The van der Waals surface area contributed by atoms with E-state index < -0.39 is 5.97 Å². The molecule has 0 aliphatic heterocycles. The molecule has 1 aromatic carbocycles. The maximum atomic E-state index is 10.7. The van der Waals surface area contributed by atoms with Crippen molar-refractivity contribution in [1.82, 2.24) is 0 Å². The normalized spacial score (nSPS) is 9.80. The number of esters is 1. The van der Waals surface area contributed by atoms with Gasteiger partial charge >= 0.3 is 5.97 Å². The first-order valence-electron chi connectivity index (χ1n) is 6.11. The number of carbonyl (C=O) groups is 1. The fourth-order valence-corrected chi connectivity index (χ4v) is 1.20. The first kappa shape index (κ1) is 15.6. The Labute approximate surface area is 119 Å². The molecule has 0 fully saturated rings. The Balaban J connectivity index is 2.34. The summed E-state index contributed by atoms with van der Waals surface area (Å²) in [6, 6.07) is 9.77. The number of allylic oxidation sites excluding steroid dienone is 1. The molecule has 0 aliphatic rings. The number of methoxy groups -OCH3 is 1. The van der Waals surface area contributed by atoms with Gasteiger partial charge in [-0.2, -0.15) is 0 Å². The van der Waals surface area contributed by atoms with E-state index in [1.54, 1.807) is 0 Å². The topological polar surface area (TPSA) is 35.5 Å². The van der Waals surface area contributed by atoms with Crippen molar-refractivity contribution in [2.24, 2.45) is 0 Å². The van der Waals surface area contributed by atoms with Crippen molar-refractivity contribution in [2.45, 2.75) is 6.92 Å². The molecule has 1 rings (SSSR count). The maximum absolute atomic E-state index is 10.7. The summed E-state index contributed by atoms with van der Waals surface area (Å²) in [7, 11) is 1.29. The number of carbonyl (C=O) groups excluding carboxylic acids is 1. The van der Waals surface area contributed by atoms with Crippen LogP contribution in [0.3, 0.4) is 0 Å². The zero-order valence-electron chi connectivity index (χ0n) is 11.6. The molecule has 0 bridgehead atoms. The fraction of sp³-hybridized carbons (Fsp3) is 0.235. The van der Waals surface area contributed by atoms with Gasteiger partial charge in [-0.25, -0.2) is 4.79 Å². The molecule has 0 atom stereocenters. The highest BCUT2D eigenvalue weighted by molar-refractivity contribution is 5.88. The van der Waals surface area contributed by atoms with E-state index in [1.165, 1.54) is 7.11 Å². The monoisotopic (exact) mass is 268 g/mol. The van der Waals surface area contributed by atoms with E-state index in [2.05, 4.69) is 28.4 Å².